The van der Waals surface area contributed by atoms with Crippen LogP contribution in [-0.2, 0) is 0 Å². The van der Waals surface area contributed by atoms with Crippen molar-refractivity contribution in [1.82, 2.24) is 10.2 Å². The summed E-state index contributed by atoms with van der Waals surface area (Å²) >= 11 is 3.29. The summed E-state index contributed by atoms with van der Waals surface area (Å²) in [6, 6.07) is 4.57. The fourth-order valence-corrected chi connectivity index (χ4v) is 1.70. The van der Waals surface area contributed by atoms with Gasteiger partial charge in [-0.05, 0) is 17.7 Å². The third-order valence-corrected chi connectivity index (χ3v) is 2.40. The lowest BCUT2D eigenvalue weighted by atomic mass is 10.1. The first-order chi connectivity index (χ1) is 6.27. The monoisotopic (exact) mass is 240 g/mol. The average molecular weight is 241 g/mol. The van der Waals surface area contributed by atoms with Crippen LogP contribution in [0.2, 0.25) is 0 Å². The number of H-pyrrole nitrogens is 1. The van der Waals surface area contributed by atoms with Crippen LogP contribution in [0.1, 0.15) is 0 Å². The highest BCUT2D eigenvalue weighted by atomic mass is 79.9. The zero-order valence-corrected chi connectivity index (χ0v) is 8.18. The molecule has 2 rings (SSSR count). The minimum atomic E-state index is -0.251. The Morgan fingerprint density at radius 1 is 1.38 bits per heavy atom. The van der Waals surface area contributed by atoms with Gasteiger partial charge in [-0.15, -0.1) is 0 Å². The zero-order valence-electron chi connectivity index (χ0n) is 6.59. The molecule has 0 bridgehead atoms. The summed E-state index contributed by atoms with van der Waals surface area (Å²) in [6.45, 7) is 0. The maximum Gasteiger partial charge on any atom is 0.124 e. The number of halogens is 2. The lowest BCUT2D eigenvalue weighted by Crippen LogP contribution is -1.79. The SMILES string of the molecule is Fc1ccc(-c2cn[nH]c2)c(Br)c1. The molecular formula is C9H6BrFN2. The molecule has 2 aromatic rings. The molecule has 0 aliphatic heterocycles. The van der Waals surface area contributed by atoms with Crippen LogP contribution >= 0.6 is 15.9 Å². The third kappa shape index (κ3) is 1.62. The van der Waals surface area contributed by atoms with Gasteiger partial charge in [-0.3, -0.25) is 5.10 Å². The van der Waals surface area contributed by atoms with E-state index in [0.717, 1.165) is 15.6 Å². The smallest absolute Gasteiger partial charge is 0.124 e. The molecule has 0 saturated carbocycles. The topological polar surface area (TPSA) is 28.7 Å². The van der Waals surface area contributed by atoms with E-state index in [1.54, 1.807) is 18.5 Å². The minimum absolute atomic E-state index is 0.251. The van der Waals surface area contributed by atoms with Crippen LogP contribution in [0.3, 0.4) is 0 Å². The molecule has 0 unspecified atom stereocenters. The van der Waals surface area contributed by atoms with Gasteiger partial charge in [0.2, 0.25) is 0 Å². The van der Waals surface area contributed by atoms with Crippen molar-refractivity contribution in [3.05, 3.63) is 40.9 Å². The van der Waals surface area contributed by atoms with E-state index in [-0.39, 0.29) is 5.82 Å². The van der Waals surface area contributed by atoms with Gasteiger partial charge in [0.1, 0.15) is 5.82 Å². The molecule has 1 aromatic heterocycles. The molecule has 1 aromatic carbocycles. The summed E-state index contributed by atoms with van der Waals surface area (Å²) in [6.07, 6.45) is 3.45. The van der Waals surface area contributed by atoms with Crippen LogP contribution in [0.25, 0.3) is 11.1 Å². The van der Waals surface area contributed by atoms with Gasteiger partial charge in [0.25, 0.3) is 0 Å². The van der Waals surface area contributed by atoms with Crippen molar-refractivity contribution in [2.45, 2.75) is 0 Å². The van der Waals surface area contributed by atoms with E-state index in [1.807, 2.05) is 0 Å². The Hall–Kier alpha value is -1.16. The molecule has 66 valence electrons. The van der Waals surface area contributed by atoms with E-state index in [4.69, 9.17) is 0 Å². The number of hydrogen-bond donors (Lipinski definition) is 1. The predicted octanol–water partition coefficient (Wildman–Crippen LogP) is 2.98. The van der Waals surface area contributed by atoms with Crippen LogP contribution in [0.5, 0.6) is 0 Å². The standard InChI is InChI=1S/C9H6BrFN2/c10-9-3-7(11)1-2-8(9)6-4-12-13-5-6/h1-5H,(H,12,13). The Kier molecular flexibility index (Phi) is 2.14. The molecule has 0 aliphatic carbocycles. The van der Waals surface area contributed by atoms with E-state index in [9.17, 15) is 4.39 Å². The fraction of sp³-hybridized carbons (Fsp3) is 0. The highest BCUT2D eigenvalue weighted by Crippen LogP contribution is 2.27. The van der Waals surface area contributed by atoms with E-state index < -0.39 is 0 Å². The Morgan fingerprint density at radius 3 is 2.85 bits per heavy atom. The molecule has 2 nitrogen and oxygen atoms in total. The van der Waals surface area contributed by atoms with Crippen LogP contribution in [0.15, 0.2) is 35.1 Å². The molecule has 0 saturated heterocycles. The van der Waals surface area contributed by atoms with Crippen molar-refractivity contribution in [3.8, 4) is 11.1 Å². The molecule has 0 fully saturated rings. The molecule has 0 amide bonds. The van der Waals surface area contributed by atoms with Crippen molar-refractivity contribution in [2.75, 3.05) is 0 Å². The average Bonchev–Trinajstić information content (AvgIpc) is 2.56. The van der Waals surface area contributed by atoms with Crippen LogP contribution in [0, 0.1) is 5.82 Å². The molecule has 1 heterocycles. The van der Waals surface area contributed by atoms with Gasteiger partial charge >= 0.3 is 0 Å². The maximum atomic E-state index is 12.7. The second-order valence-electron chi connectivity index (χ2n) is 2.61. The van der Waals surface area contributed by atoms with Gasteiger partial charge in [-0.1, -0.05) is 22.0 Å². The zero-order chi connectivity index (χ0) is 9.26. The Morgan fingerprint density at radius 2 is 2.23 bits per heavy atom. The highest BCUT2D eigenvalue weighted by Gasteiger charge is 2.04. The summed E-state index contributed by atoms with van der Waals surface area (Å²) < 4.78 is 13.5. The van der Waals surface area contributed by atoms with Crippen LogP contribution in [0.4, 0.5) is 4.39 Å². The quantitative estimate of drug-likeness (QED) is 0.816. The number of aromatic nitrogens is 2. The lowest BCUT2D eigenvalue weighted by molar-refractivity contribution is 0.627. The number of hydrogen-bond acceptors (Lipinski definition) is 1. The molecule has 1 N–H and O–H groups in total. The highest BCUT2D eigenvalue weighted by molar-refractivity contribution is 9.10. The largest absolute Gasteiger partial charge is 0.285 e. The molecule has 0 radical (unpaired) electrons. The second-order valence-corrected chi connectivity index (χ2v) is 3.47. The van der Waals surface area contributed by atoms with Gasteiger partial charge in [-0.2, -0.15) is 5.10 Å². The summed E-state index contributed by atoms with van der Waals surface area (Å²) in [7, 11) is 0. The van der Waals surface area contributed by atoms with Crippen molar-refractivity contribution >= 4 is 15.9 Å². The lowest BCUT2D eigenvalue weighted by Gasteiger charge is -2.00. The molecule has 4 heteroatoms. The normalized spacial score (nSPS) is 10.3. The van der Waals surface area contributed by atoms with Crippen molar-refractivity contribution in [2.24, 2.45) is 0 Å². The Bertz CT molecular complexity index is 412. The molecular weight excluding hydrogens is 235 g/mol. The second kappa shape index (κ2) is 3.30. The maximum absolute atomic E-state index is 12.7. The summed E-state index contributed by atoms with van der Waals surface area (Å²) in [5.41, 5.74) is 1.86. The van der Waals surface area contributed by atoms with Gasteiger partial charge in [0.05, 0.1) is 6.20 Å². The van der Waals surface area contributed by atoms with Crippen LogP contribution in [-0.4, -0.2) is 10.2 Å². The van der Waals surface area contributed by atoms with E-state index in [1.165, 1.54) is 12.1 Å². The fourth-order valence-electron chi connectivity index (χ4n) is 1.12. The number of aromatic amines is 1. The first kappa shape index (κ1) is 8.44. The minimum Gasteiger partial charge on any atom is -0.285 e. The summed E-state index contributed by atoms with van der Waals surface area (Å²) in [5.74, 6) is -0.251. The molecule has 13 heavy (non-hydrogen) atoms. The predicted molar refractivity (Wildman–Crippen MR) is 51.7 cm³/mol. The van der Waals surface area contributed by atoms with E-state index >= 15 is 0 Å². The van der Waals surface area contributed by atoms with Gasteiger partial charge in [-0.25, -0.2) is 4.39 Å². The number of benzene rings is 1. The number of nitrogens with zero attached hydrogens (tertiary/aromatic N) is 1. The van der Waals surface area contributed by atoms with Gasteiger partial charge < -0.3 is 0 Å². The summed E-state index contributed by atoms with van der Waals surface area (Å²) in [4.78, 5) is 0. The van der Waals surface area contributed by atoms with Crippen LogP contribution < -0.4 is 0 Å². The van der Waals surface area contributed by atoms with E-state index in [2.05, 4.69) is 26.1 Å². The van der Waals surface area contributed by atoms with Gasteiger partial charge in [0, 0.05) is 16.2 Å². The van der Waals surface area contributed by atoms with Crippen molar-refractivity contribution in [3.63, 3.8) is 0 Å². The first-order valence-corrected chi connectivity index (χ1v) is 4.51. The Balaban J connectivity index is 2.53. The molecule has 0 aliphatic rings. The number of nitrogens with one attached hydrogen (secondary N) is 1. The van der Waals surface area contributed by atoms with Crippen molar-refractivity contribution in [1.29, 1.82) is 0 Å². The molecule has 0 atom stereocenters. The van der Waals surface area contributed by atoms with E-state index in [0.29, 0.717) is 0 Å². The summed E-state index contributed by atoms with van der Waals surface area (Å²) in [5, 5.41) is 6.53. The first-order valence-electron chi connectivity index (χ1n) is 3.71. The third-order valence-electron chi connectivity index (χ3n) is 1.74. The van der Waals surface area contributed by atoms with Crippen molar-refractivity contribution < 1.29 is 4.39 Å². The Labute approximate surface area is 82.9 Å². The van der Waals surface area contributed by atoms with Gasteiger partial charge in [0.15, 0.2) is 0 Å². The molecule has 0 spiro atoms. The number of rotatable bonds is 1.